The van der Waals surface area contributed by atoms with Crippen molar-refractivity contribution in [1.29, 1.82) is 0 Å². The molecule has 0 saturated carbocycles. The molecule has 0 aromatic heterocycles. The van der Waals surface area contributed by atoms with Gasteiger partial charge in [-0.15, -0.1) is 0 Å². The summed E-state index contributed by atoms with van der Waals surface area (Å²) >= 11 is 0. The van der Waals surface area contributed by atoms with E-state index in [0.29, 0.717) is 19.2 Å². The van der Waals surface area contributed by atoms with Crippen LogP contribution >= 0.6 is 10.0 Å². The summed E-state index contributed by atoms with van der Waals surface area (Å²) in [6.07, 6.45) is 6.36. The van der Waals surface area contributed by atoms with Crippen LogP contribution in [-0.4, -0.2) is 81.4 Å². The molecule has 0 radical (unpaired) electrons. The molecule has 1 aliphatic heterocycles. The van der Waals surface area contributed by atoms with E-state index in [1.54, 1.807) is 0 Å². The number of likely N-dealkylation sites (N-methyl/N-ethyl adjacent to an activating group) is 1. The zero-order valence-corrected chi connectivity index (χ0v) is 12.8. The number of nitrogens with one attached hydrogen (secondary N) is 2. The molecule has 1 saturated heterocycles. The Hall–Kier alpha value is -0.460. The van der Waals surface area contributed by atoms with Crippen molar-refractivity contribution in [3.05, 3.63) is 0 Å². The van der Waals surface area contributed by atoms with Gasteiger partial charge in [-0.2, -0.15) is 0 Å². The summed E-state index contributed by atoms with van der Waals surface area (Å²) in [5, 5.41) is 6.20. The molecular weight excluding hydrogens is 250 g/mol. The van der Waals surface area contributed by atoms with Gasteiger partial charge in [0.1, 0.15) is 6.61 Å². The summed E-state index contributed by atoms with van der Waals surface area (Å²) in [6, 6.07) is 0.324. The highest BCUT2D eigenvalue weighted by Crippen LogP contribution is 2.33. The monoisotopic (exact) mass is 277 g/mol. The number of amides is 1. The van der Waals surface area contributed by atoms with E-state index in [0.717, 1.165) is 25.4 Å². The summed E-state index contributed by atoms with van der Waals surface area (Å²) in [4.78, 5) is 13.7. The molecule has 1 unspecified atom stereocenters. The van der Waals surface area contributed by atoms with E-state index in [-0.39, 0.29) is 6.09 Å². The van der Waals surface area contributed by atoms with Crippen LogP contribution in [0.2, 0.25) is 0 Å². The van der Waals surface area contributed by atoms with Crippen molar-refractivity contribution in [3.8, 4) is 0 Å². The SMILES string of the molecule is CN1CCNC(CNC(=O)OCCS(C)(C)C)C1. The molecule has 1 heterocycles. The average molecular weight is 277 g/mol. The lowest BCUT2D eigenvalue weighted by Crippen LogP contribution is -2.53. The second-order valence-corrected chi connectivity index (χ2v) is 10.3. The fourth-order valence-corrected chi connectivity index (χ4v) is 2.35. The molecule has 1 atom stereocenters. The zero-order valence-electron chi connectivity index (χ0n) is 12.0. The van der Waals surface area contributed by atoms with Crippen LogP contribution in [-0.2, 0) is 4.74 Å². The normalized spacial score (nSPS) is 22.6. The quantitative estimate of drug-likeness (QED) is 0.759. The van der Waals surface area contributed by atoms with Gasteiger partial charge in [-0.3, -0.25) is 0 Å². The van der Waals surface area contributed by atoms with Gasteiger partial charge in [-0.1, -0.05) is 0 Å². The van der Waals surface area contributed by atoms with E-state index in [2.05, 4.69) is 41.3 Å². The molecule has 0 aliphatic carbocycles. The molecule has 0 aromatic rings. The molecule has 0 spiro atoms. The number of piperazine rings is 1. The van der Waals surface area contributed by atoms with Crippen molar-refractivity contribution in [2.24, 2.45) is 0 Å². The Kier molecular flexibility index (Phi) is 6.25. The zero-order chi connectivity index (χ0) is 13.6. The summed E-state index contributed by atoms with van der Waals surface area (Å²) < 4.78 is 5.17. The number of nitrogens with zero attached hydrogens (tertiary/aromatic N) is 1. The van der Waals surface area contributed by atoms with Gasteiger partial charge in [0, 0.05) is 38.0 Å². The van der Waals surface area contributed by atoms with Crippen LogP contribution in [0.5, 0.6) is 0 Å². The minimum Gasteiger partial charge on any atom is -0.449 e. The maximum Gasteiger partial charge on any atom is 0.407 e. The van der Waals surface area contributed by atoms with Gasteiger partial charge in [-0.25, -0.2) is 14.8 Å². The lowest BCUT2D eigenvalue weighted by Gasteiger charge is -2.30. The molecule has 18 heavy (non-hydrogen) atoms. The molecule has 0 bridgehead atoms. The summed E-state index contributed by atoms with van der Waals surface area (Å²) in [5.74, 6) is 0.963. The van der Waals surface area contributed by atoms with E-state index in [1.807, 2.05) is 0 Å². The molecule has 5 nitrogen and oxygen atoms in total. The van der Waals surface area contributed by atoms with Crippen LogP contribution in [0.1, 0.15) is 0 Å². The number of rotatable bonds is 5. The molecule has 0 aromatic carbocycles. The van der Waals surface area contributed by atoms with Gasteiger partial charge >= 0.3 is 6.09 Å². The number of alkyl carbamates (subject to hydrolysis) is 1. The van der Waals surface area contributed by atoms with E-state index in [9.17, 15) is 4.79 Å². The maximum absolute atomic E-state index is 11.5. The third-order valence-electron chi connectivity index (χ3n) is 2.88. The predicted octanol–water partition coefficient (Wildman–Crippen LogP) is 0.310. The van der Waals surface area contributed by atoms with Crippen LogP contribution in [0, 0.1) is 0 Å². The second kappa shape index (κ2) is 7.21. The maximum atomic E-state index is 11.5. The third kappa shape index (κ3) is 7.08. The molecule has 2 N–H and O–H groups in total. The molecule has 1 amide bonds. The Balaban J connectivity index is 2.09. The highest BCUT2D eigenvalue weighted by molar-refractivity contribution is 8.32. The van der Waals surface area contributed by atoms with Gasteiger partial charge in [0.25, 0.3) is 0 Å². The first-order valence-electron chi connectivity index (χ1n) is 6.35. The van der Waals surface area contributed by atoms with Gasteiger partial charge in [-0.05, 0) is 25.8 Å². The first-order chi connectivity index (χ1) is 8.37. The summed E-state index contributed by atoms with van der Waals surface area (Å²) in [5.41, 5.74) is 0. The molecule has 108 valence electrons. The molecule has 6 heteroatoms. The molecular formula is C12H27N3O2S. The molecule has 1 rings (SSSR count). The number of hydrogen-bond donors (Lipinski definition) is 2. The van der Waals surface area contributed by atoms with E-state index < -0.39 is 10.0 Å². The predicted molar refractivity (Wildman–Crippen MR) is 78.9 cm³/mol. The number of carbonyl (C=O) groups is 1. The lowest BCUT2D eigenvalue weighted by molar-refractivity contribution is 0.149. The molecule has 1 fully saturated rings. The van der Waals surface area contributed by atoms with E-state index in [1.165, 1.54) is 0 Å². The second-order valence-electron chi connectivity index (χ2n) is 5.73. The first kappa shape index (κ1) is 15.6. The minimum atomic E-state index is -0.587. The lowest BCUT2D eigenvalue weighted by atomic mass is 10.2. The van der Waals surface area contributed by atoms with Gasteiger partial charge in [0.15, 0.2) is 0 Å². The highest BCUT2D eigenvalue weighted by Gasteiger charge is 2.17. The smallest absolute Gasteiger partial charge is 0.407 e. The van der Waals surface area contributed by atoms with Crippen molar-refractivity contribution >= 4 is 16.1 Å². The summed E-state index contributed by atoms with van der Waals surface area (Å²) in [6.45, 7) is 4.15. The van der Waals surface area contributed by atoms with Crippen molar-refractivity contribution in [3.63, 3.8) is 0 Å². The fourth-order valence-electron chi connectivity index (χ4n) is 1.77. The Labute approximate surface area is 112 Å². The van der Waals surface area contributed by atoms with Crippen molar-refractivity contribution in [1.82, 2.24) is 15.5 Å². The van der Waals surface area contributed by atoms with Gasteiger partial charge < -0.3 is 20.3 Å². The van der Waals surface area contributed by atoms with Crippen molar-refractivity contribution in [2.45, 2.75) is 6.04 Å². The number of hydrogen-bond acceptors (Lipinski definition) is 4. The third-order valence-corrected chi connectivity index (χ3v) is 4.27. The van der Waals surface area contributed by atoms with E-state index in [4.69, 9.17) is 4.74 Å². The topological polar surface area (TPSA) is 53.6 Å². The Morgan fingerprint density at radius 1 is 1.50 bits per heavy atom. The minimum absolute atomic E-state index is 0.298. The van der Waals surface area contributed by atoms with Gasteiger partial charge in [0.2, 0.25) is 0 Å². The summed E-state index contributed by atoms with van der Waals surface area (Å²) in [7, 11) is 1.51. The Morgan fingerprint density at radius 2 is 2.22 bits per heavy atom. The highest BCUT2D eigenvalue weighted by atomic mass is 32.3. The van der Waals surface area contributed by atoms with Crippen LogP contribution in [0.3, 0.4) is 0 Å². The van der Waals surface area contributed by atoms with E-state index >= 15 is 0 Å². The average Bonchev–Trinajstić information content (AvgIpc) is 2.25. The number of carbonyl (C=O) groups excluding carboxylic acids is 1. The Bertz CT molecular complexity index is 269. The van der Waals surface area contributed by atoms with Crippen LogP contribution in [0.15, 0.2) is 0 Å². The van der Waals surface area contributed by atoms with Crippen LogP contribution < -0.4 is 10.6 Å². The Morgan fingerprint density at radius 3 is 2.83 bits per heavy atom. The van der Waals surface area contributed by atoms with Crippen molar-refractivity contribution in [2.75, 3.05) is 64.4 Å². The van der Waals surface area contributed by atoms with Gasteiger partial charge in [0.05, 0.1) is 0 Å². The van der Waals surface area contributed by atoms with Crippen LogP contribution in [0.25, 0.3) is 0 Å². The van der Waals surface area contributed by atoms with Crippen LogP contribution in [0.4, 0.5) is 4.79 Å². The van der Waals surface area contributed by atoms with Crippen molar-refractivity contribution < 1.29 is 9.53 Å². The fraction of sp³-hybridized carbons (Fsp3) is 0.917. The largest absolute Gasteiger partial charge is 0.449 e. The molecule has 1 aliphatic rings. The standard InChI is InChI=1S/C12H27N3O2S/c1-15-6-5-13-11(10-15)9-14-12(16)17-7-8-18(2,3)4/h11,13H,5-10H2,1-4H3,(H,14,16). The first-order valence-corrected chi connectivity index (χ1v) is 9.38. The number of ether oxygens (including phenoxy) is 1.